The van der Waals surface area contributed by atoms with Crippen LogP contribution in [0.5, 0.6) is 0 Å². The third-order valence-electron chi connectivity index (χ3n) is 2.41. The molecule has 1 heterocycles. The largest absolute Gasteiger partial charge is 0.477 e. The summed E-state index contributed by atoms with van der Waals surface area (Å²) in [6.07, 6.45) is 0. The number of carbonyl (C=O) groups is 1. The minimum atomic E-state index is -1.13. The molecule has 82 valence electrons. The number of nitrogens with one attached hydrogen (secondary N) is 1. The van der Waals surface area contributed by atoms with Crippen molar-refractivity contribution in [3.05, 3.63) is 39.6 Å². The summed E-state index contributed by atoms with van der Waals surface area (Å²) in [5.74, 6) is -1.13. The average Bonchev–Trinajstić information content (AvgIpc) is 2.62. The summed E-state index contributed by atoms with van der Waals surface area (Å²) in [6.45, 7) is 1.76. The van der Waals surface area contributed by atoms with E-state index in [1.807, 2.05) is 0 Å². The van der Waals surface area contributed by atoms with Gasteiger partial charge in [0.1, 0.15) is 5.69 Å². The lowest BCUT2D eigenvalue weighted by atomic mass is 10.1. The molecule has 0 saturated carbocycles. The Morgan fingerprint density at radius 3 is 2.75 bits per heavy atom. The lowest BCUT2D eigenvalue weighted by molar-refractivity contribution is -0.383. The van der Waals surface area contributed by atoms with E-state index in [0.29, 0.717) is 10.9 Å². The van der Waals surface area contributed by atoms with Crippen LogP contribution in [0, 0.1) is 17.0 Å². The summed E-state index contributed by atoms with van der Waals surface area (Å²) in [7, 11) is 0. The first kappa shape index (κ1) is 10.2. The van der Waals surface area contributed by atoms with Crippen molar-refractivity contribution in [3.63, 3.8) is 0 Å². The van der Waals surface area contributed by atoms with Gasteiger partial charge in [0.05, 0.1) is 15.8 Å². The van der Waals surface area contributed by atoms with E-state index < -0.39 is 10.9 Å². The summed E-state index contributed by atoms with van der Waals surface area (Å²) in [4.78, 5) is 23.6. The molecule has 0 unspecified atom stereocenters. The first-order valence-electron chi connectivity index (χ1n) is 4.50. The predicted octanol–water partition coefficient (Wildman–Crippen LogP) is 2.08. The molecule has 1 aromatic heterocycles. The Balaban J connectivity index is 2.82. The van der Waals surface area contributed by atoms with E-state index in [0.717, 1.165) is 5.56 Å². The van der Waals surface area contributed by atoms with Crippen LogP contribution in [0.2, 0.25) is 0 Å². The third-order valence-corrected chi connectivity index (χ3v) is 2.41. The van der Waals surface area contributed by atoms with Crippen molar-refractivity contribution in [2.45, 2.75) is 6.92 Å². The molecule has 0 aliphatic carbocycles. The number of aromatic nitrogens is 1. The molecule has 0 aliphatic heterocycles. The SMILES string of the molecule is Cc1ccc([N+](=O)[O-])c2cc(C(=O)O)[nH]c12. The van der Waals surface area contributed by atoms with Gasteiger partial charge >= 0.3 is 5.97 Å². The second-order valence-electron chi connectivity index (χ2n) is 3.44. The number of hydrogen-bond donors (Lipinski definition) is 2. The molecule has 0 radical (unpaired) electrons. The van der Waals surface area contributed by atoms with Crippen LogP contribution in [0.15, 0.2) is 18.2 Å². The van der Waals surface area contributed by atoms with Gasteiger partial charge in [0, 0.05) is 6.07 Å². The van der Waals surface area contributed by atoms with Gasteiger partial charge in [0.15, 0.2) is 0 Å². The van der Waals surface area contributed by atoms with Crippen LogP contribution in [0.1, 0.15) is 16.1 Å². The highest BCUT2D eigenvalue weighted by atomic mass is 16.6. The summed E-state index contributed by atoms with van der Waals surface area (Å²) >= 11 is 0. The van der Waals surface area contributed by atoms with Gasteiger partial charge in [0.25, 0.3) is 5.69 Å². The normalized spacial score (nSPS) is 10.6. The molecule has 6 nitrogen and oxygen atoms in total. The predicted molar refractivity (Wildman–Crippen MR) is 56.6 cm³/mol. The van der Waals surface area contributed by atoms with Crippen molar-refractivity contribution >= 4 is 22.6 Å². The van der Waals surface area contributed by atoms with Crippen LogP contribution >= 0.6 is 0 Å². The van der Waals surface area contributed by atoms with E-state index in [4.69, 9.17) is 5.11 Å². The average molecular weight is 220 g/mol. The lowest BCUT2D eigenvalue weighted by Crippen LogP contribution is -1.94. The number of aromatic amines is 1. The molecule has 0 aliphatic rings. The number of benzene rings is 1. The van der Waals surface area contributed by atoms with Crippen molar-refractivity contribution in [2.75, 3.05) is 0 Å². The van der Waals surface area contributed by atoms with Crippen LogP contribution in [0.25, 0.3) is 10.9 Å². The summed E-state index contributed by atoms with van der Waals surface area (Å²) < 4.78 is 0. The van der Waals surface area contributed by atoms with Gasteiger partial charge in [-0.2, -0.15) is 0 Å². The number of hydrogen-bond acceptors (Lipinski definition) is 3. The van der Waals surface area contributed by atoms with Gasteiger partial charge in [-0.15, -0.1) is 0 Å². The fourth-order valence-electron chi connectivity index (χ4n) is 1.62. The second kappa shape index (κ2) is 3.34. The summed E-state index contributed by atoms with van der Waals surface area (Å²) in [5.41, 5.74) is 1.12. The highest BCUT2D eigenvalue weighted by Gasteiger charge is 2.17. The fourth-order valence-corrected chi connectivity index (χ4v) is 1.62. The Morgan fingerprint density at radius 1 is 1.50 bits per heavy atom. The monoisotopic (exact) mass is 220 g/mol. The van der Waals surface area contributed by atoms with Crippen LogP contribution in [0.3, 0.4) is 0 Å². The molecule has 6 heteroatoms. The van der Waals surface area contributed by atoms with Crippen molar-refractivity contribution in [1.82, 2.24) is 4.98 Å². The number of rotatable bonds is 2. The molecule has 16 heavy (non-hydrogen) atoms. The molecule has 0 bridgehead atoms. The zero-order valence-corrected chi connectivity index (χ0v) is 8.35. The van der Waals surface area contributed by atoms with Crippen molar-refractivity contribution in [1.29, 1.82) is 0 Å². The van der Waals surface area contributed by atoms with Crippen LogP contribution in [-0.2, 0) is 0 Å². The van der Waals surface area contributed by atoms with Gasteiger partial charge in [-0.05, 0) is 18.6 Å². The molecule has 0 fully saturated rings. The van der Waals surface area contributed by atoms with E-state index in [1.54, 1.807) is 13.0 Å². The van der Waals surface area contributed by atoms with E-state index in [9.17, 15) is 14.9 Å². The first-order valence-corrected chi connectivity index (χ1v) is 4.50. The maximum absolute atomic E-state index is 10.8. The minimum Gasteiger partial charge on any atom is -0.477 e. The van der Waals surface area contributed by atoms with E-state index >= 15 is 0 Å². The molecular weight excluding hydrogens is 212 g/mol. The van der Waals surface area contributed by atoms with Gasteiger partial charge in [-0.25, -0.2) is 4.79 Å². The van der Waals surface area contributed by atoms with Crippen LogP contribution in [-0.4, -0.2) is 21.0 Å². The van der Waals surface area contributed by atoms with E-state index in [1.165, 1.54) is 12.1 Å². The molecule has 0 saturated heterocycles. The Kier molecular flexibility index (Phi) is 2.12. The smallest absolute Gasteiger partial charge is 0.352 e. The van der Waals surface area contributed by atoms with Gasteiger partial charge in [0.2, 0.25) is 0 Å². The maximum atomic E-state index is 10.8. The summed E-state index contributed by atoms with van der Waals surface area (Å²) in [5, 5.41) is 19.9. The van der Waals surface area contributed by atoms with E-state index in [2.05, 4.69) is 4.98 Å². The Morgan fingerprint density at radius 2 is 2.19 bits per heavy atom. The van der Waals surface area contributed by atoms with E-state index in [-0.39, 0.29) is 11.4 Å². The van der Waals surface area contributed by atoms with Gasteiger partial charge < -0.3 is 10.1 Å². The maximum Gasteiger partial charge on any atom is 0.352 e. The van der Waals surface area contributed by atoms with Crippen molar-refractivity contribution < 1.29 is 14.8 Å². The lowest BCUT2D eigenvalue weighted by Gasteiger charge is -1.96. The van der Waals surface area contributed by atoms with Crippen LogP contribution < -0.4 is 0 Å². The Labute approximate surface area is 89.7 Å². The number of nitro benzene ring substituents is 1. The number of carboxylic acids is 1. The molecule has 0 atom stereocenters. The van der Waals surface area contributed by atoms with Gasteiger partial charge in [-0.1, -0.05) is 6.07 Å². The van der Waals surface area contributed by atoms with Crippen molar-refractivity contribution in [3.8, 4) is 0 Å². The molecule has 2 aromatic rings. The van der Waals surface area contributed by atoms with Crippen LogP contribution in [0.4, 0.5) is 5.69 Å². The highest BCUT2D eigenvalue weighted by molar-refractivity contribution is 5.98. The summed E-state index contributed by atoms with van der Waals surface area (Å²) in [6, 6.07) is 4.24. The zero-order chi connectivity index (χ0) is 11.9. The molecule has 2 N–H and O–H groups in total. The number of H-pyrrole nitrogens is 1. The highest BCUT2D eigenvalue weighted by Crippen LogP contribution is 2.28. The molecule has 1 aromatic carbocycles. The molecule has 0 spiro atoms. The second-order valence-corrected chi connectivity index (χ2v) is 3.44. The number of carboxylic acid groups (broad SMARTS) is 1. The Hall–Kier alpha value is -2.37. The Bertz CT molecular complexity index is 600. The number of non-ortho nitro benzene ring substituents is 1. The minimum absolute atomic E-state index is 0.0487. The third kappa shape index (κ3) is 1.40. The standard InChI is InChI=1S/C10H8N2O4/c1-5-2-3-8(12(15)16)6-4-7(10(13)14)11-9(5)6/h2-4,11H,1H3,(H,13,14). The fraction of sp³-hybridized carbons (Fsp3) is 0.100. The quantitative estimate of drug-likeness (QED) is 0.598. The van der Waals surface area contributed by atoms with Crippen molar-refractivity contribution in [2.24, 2.45) is 0 Å². The number of nitro groups is 1. The number of aromatic carboxylic acids is 1. The number of fused-ring (bicyclic) bond motifs is 1. The first-order chi connectivity index (χ1) is 7.50. The topological polar surface area (TPSA) is 96.2 Å². The molecule has 0 amide bonds. The molecule has 2 rings (SSSR count). The molecular formula is C10H8N2O4. The number of aryl methyl sites for hydroxylation is 1. The number of nitrogens with zero attached hydrogens (tertiary/aromatic N) is 1. The zero-order valence-electron chi connectivity index (χ0n) is 8.35. The van der Waals surface area contributed by atoms with Gasteiger partial charge in [-0.3, -0.25) is 10.1 Å².